The van der Waals surface area contributed by atoms with E-state index in [1.54, 1.807) is 0 Å². The first kappa shape index (κ1) is 12.9. The lowest BCUT2D eigenvalue weighted by molar-refractivity contribution is -0.117. The fraction of sp³-hybridized carbons (Fsp3) is 0.400. The van der Waals surface area contributed by atoms with E-state index >= 15 is 0 Å². The first-order valence-electron chi connectivity index (χ1n) is 6.02. The number of halogens is 2. The van der Waals surface area contributed by atoms with Crippen LogP contribution in [0.25, 0.3) is 0 Å². The fourth-order valence-electron chi connectivity index (χ4n) is 2.52. The Morgan fingerprint density at radius 2 is 1.78 bits per heavy atom. The standard InChI is InChI=1S/C15H16F2O/c1-15(2)8-10(6-11(18)9-15)7-12-13(16)4-3-5-14(12)17/h3-6H,7-9H2,1-2H3. The van der Waals surface area contributed by atoms with Crippen molar-refractivity contribution in [3.63, 3.8) is 0 Å². The van der Waals surface area contributed by atoms with Crippen LogP contribution in [0.4, 0.5) is 8.78 Å². The number of benzene rings is 1. The number of allylic oxidation sites excluding steroid dienone is 2. The Hall–Kier alpha value is -1.51. The first-order chi connectivity index (χ1) is 8.37. The maximum atomic E-state index is 13.5. The average molecular weight is 250 g/mol. The zero-order chi connectivity index (χ0) is 13.3. The molecule has 3 heteroatoms. The summed E-state index contributed by atoms with van der Waals surface area (Å²) < 4.78 is 27.1. The van der Waals surface area contributed by atoms with Gasteiger partial charge < -0.3 is 0 Å². The number of rotatable bonds is 2. The van der Waals surface area contributed by atoms with Gasteiger partial charge in [0.25, 0.3) is 0 Å². The van der Waals surface area contributed by atoms with Crippen LogP contribution in [0.2, 0.25) is 0 Å². The quantitative estimate of drug-likeness (QED) is 0.779. The Morgan fingerprint density at radius 3 is 2.33 bits per heavy atom. The van der Waals surface area contributed by atoms with Gasteiger partial charge >= 0.3 is 0 Å². The normalized spacial score (nSPS) is 18.7. The van der Waals surface area contributed by atoms with E-state index in [0.29, 0.717) is 12.8 Å². The minimum absolute atomic E-state index is 0.0398. The smallest absolute Gasteiger partial charge is 0.156 e. The average Bonchev–Trinajstić information content (AvgIpc) is 2.21. The third kappa shape index (κ3) is 2.84. The molecule has 18 heavy (non-hydrogen) atoms. The van der Waals surface area contributed by atoms with Crippen LogP contribution in [-0.4, -0.2) is 5.78 Å². The largest absolute Gasteiger partial charge is 0.295 e. The van der Waals surface area contributed by atoms with Gasteiger partial charge in [-0.25, -0.2) is 8.78 Å². The molecule has 0 fully saturated rings. The van der Waals surface area contributed by atoms with Crippen LogP contribution >= 0.6 is 0 Å². The summed E-state index contributed by atoms with van der Waals surface area (Å²) in [5, 5.41) is 0. The minimum Gasteiger partial charge on any atom is -0.295 e. The van der Waals surface area contributed by atoms with Crippen molar-refractivity contribution in [1.82, 2.24) is 0 Å². The van der Waals surface area contributed by atoms with Crippen molar-refractivity contribution in [2.75, 3.05) is 0 Å². The molecule has 0 unspecified atom stereocenters. The number of ketones is 1. The summed E-state index contributed by atoms with van der Waals surface area (Å²) >= 11 is 0. The van der Waals surface area contributed by atoms with Crippen molar-refractivity contribution in [2.24, 2.45) is 5.41 Å². The summed E-state index contributed by atoms with van der Waals surface area (Å²) in [5.74, 6) is -1.06. The van der Waals surface area contributed by atoms with E-state index in [2.05, 4.69) is 0 Å². The predicted octanol–water partition coefficient (Wildman–Crippen LogP) is 3.82. The number of hydrogen-bond acceptors (Lipinski definition) is 1. The van der Waals surface area contributed by atoms with Gasteiger partial charge in [0.2, 0.25) is 0 Å². The molecule has 2 rings (SSSR count). The molecule has 1 aliphatic carbocycles. The van der Waals surface area contributed by atoms with Crippen molar-refractivity contribution < 1.29 is 13.6 Å². The molecular weight excluding hydrogens is 234 g/mol. The molecule has 0 saturated heterocycles. The van der Waals surface area contributed by atoms with Crippen LogP contribution in [-0.2, 0) is 11.2 Å². The summed E-state index contributed by atoms with van der Waals surface area (Å²) in [7, 11) is 0. The zero-order valence-corrected chi connectivity index (χ0v) is 10.6. The van der Waals surface area contributed by atoms with E-state index in [9.17, 15) is 13.6 Å². The summed E-state index contributed by atoms with van der Waals surface area (Å²) in [5.41, 5.74) is 0.734. The summed E-state index contributed by atoms with van der Waals surface area (Å²) in [6.07, 6.45) is 2.91. The SMILES string of the molecule is CC1(C)CC(=O)C=C(Cc2c(F)cccc2F)C1. The van der Waals surface area contributed by atoms with Crippen molar-refractivity contribution in [3.05, 3.63) is 47.0 Å². The molecule has 0 radical (unpaired) electrons. The maximum Gasteiger partial charge on any atom is 0.156 e. The highest BCUT2D eigenvalue weighted by Gasteiger charge is 2.28. The molecule has 1 nitrogen and oxygen atoms in total. The predicted molar refractivity (Wildman–Crippen MR) is 66.2 cm³/mol. The van der Waals surface area contributed by atoms with Gasteiger partial charge in [-0.3, -0.25) is 4.79 Å². The van der Waals surface area contributed by atoms with Gasteiger partial charge in [-0.15, -0.1) is 0 Å². The maximum absolute atomic E-state index is 13.5. The van der Waals surface area contributed by atoms with Crippen LogP contribution < -0.4 is 0 Å². The molecule has 0 N–H and O–H groups in total. The molecule has 0 atom stereocenters. The lowest BCUT2D eigenvalue weighted by atomic mass is 9.75. The second-order valence-electron chi connectivity index (χ2n) is 5.66. The van der Waals surface area contributed by atoms with Crippen LogP contribution in [0.15, 0.2) is 29.8 Å². The van der Waals surface area contributed by atoms with Gasteiger partial charge in [-0.2, -0.15) is 0 Å². The van der Waals surface area contributed by atoms with Crippen molar-refractivity contribution in [3.8, 4) is 0 Å². The molecule has 0 aromatic heterocycles. The Bertz CT molecular complexity index is 495. The number of carbonyl (C=O) groups excluding carboxylic acids is 1. The molecule has 0 aliphatic heterocycles. The molecule has 0 spiro atoms. The van der Waals surface area contributed by atoms with Gasteiger partial charge in [-0.05, 0) is 36.5 Å². The van der Waals surface area contributed by atoms with E-state index in [1.165, 1.54) is 24.3 Å². The van der Waals surface area contributed by atoms with Gasteiger partial charge in [0.1, 0.15) is 11.6 Å². The summed E-state index contributed by atoms with van der Waals surface area (Å²) in [6.45, 7) is 3.99. The Balaban J connectivity index is 2.27. The second-order valence-corrected chi connectivity index (χ2v) is 5.66. The summed E-state index contributed by atoms with van der Waals surface area (Å²) in [4.78, 5) is 11.6. The second kappa shape index (κ2) is 4.63. The van der Waals surface area contributed by atoms with Crippen LogP contribution in [0.3, 0.4) is 0 Å². The Kier molecular flexibility index (Phi) is 3.33. The van der Waals surface area contributed by atoms with Crippen molar-refractivity contribution in [2.45, 2.75) is 33.1 Å². The molecule has 0 saturated carbocycles. The van der Waals surface area contributed by atoms with Crippen molar-refractivity contribution in [1.29, 1.82) is 0 Å². The molecule has 0 bridgehead atoms. The molecule has 0 amide bonds. The molecule has 1 aromatic carbocycles. The van der Waals surface area contributed by atoms with E-state index < -0.39 is 11.6 Å². The van der Waals surface area contributed by atoms with E-state index in [4.69, 9.17) is 0 Å². The fourth-order valence-corrected chi connectivity index (χ4v) is 2.52. The van der Waals surface area contributed by atoms with E-state index in [-0.39, 0.29) is 23.2 Å². The molecule has 0 heterocycles. The Labute approximate surface area is 106 Å². The minimum atomic E-state index is -0.549. The molecule has 1 aromatic rings. The first-order valence-corrected chi connectivity index (χ1v) is 6.02. The number of carbonyl (C=O) groups is 1. The molecule has 96 valence electrons. The van der Waals surface area contributed by atoms with Crippen molar-refractivity contribution >= 4 is 5.78 Å². The number of hydrogen-bond donors (Lipinski definition) is 0. The monoisotopic (exact) mass is 250 g/mol. The van der Waals surface area contributed by atoms with Gasteiger partial charge in [0.05, 0.1) is 0 Å². The van der Waals surface area contributed by atoms with Gasteiger partial charge in [0, 0.05) is 12.0 Å². The Morgan fingerprint density at radius 1 is 1.17 bits per heavy atom. The van der Waals surface area contributed by atoms with Crippen LogP contribution in [0.5, 0.6) is 0 Å². The molecular formula is C15H16F2O. The third-order valence-corrected chi connectivity index (χ3v) is 3.19. The lowest BCUT2D eigenvalue weighted by Crippen LogP contribution is -2.22. The van der Waals surface area contributed by atoms with Crippen LogP contribution in [0, 0.1) is 17.0 Å². The molecule has 1 aliphatic rings. The highest BCUT2D eigenvalue weighted by molar-refractivity contribution is 5.91. The third-order valence-electron chi connectivity index (χ3n) is 3.19. The van der Waals surface area contributed by atoms with E-state index in [0.717, 1.165) is 5.57 Å². The van der Waals surface area contributed by atoms with Gasteiger partial charge in [-0.1, -0.05) is 25.5 Å². The van der Waals surface area contributed by atoms with Gasteiger partial charge in [0.15, 0.2) is 5.78 Å². The zero-order valence-electron chi connectivity index (χ0n) is 10.6. The lowest BCUT2D eigenvalue weighted by Gasteiger charge is -2.29. The summed E-state index contributed by atoms with van der Waals surface area (Å²) in [6, 6.07) is 3.84. The van der Waals surface area contributed by atoms with Crippen LogP contribution in [0.1, 0.15) is 32.3 Å². The topological polar surface area (TPSA) is 17.1 Å². The highest BCUT2D eigenvalue weighted by atomic mass is 19.1. The van der Waals surface area contributed by atoms with E-state index in [1.807, 2.05) is 13.8 Å². The highest BCUT2D eigenvalue weighted by Crippen LogP contribution is 2.35.